The molecule has 0 heterocycles. The van der Waals surface area contributed by atoms with Gasteiger partial charge in [0.2, 0.25) is 0 Å². The van der Waals surface area contributed by atoms with Crippen LogP contribution in [0.25, 0.3) is 0 Å². The summed E-state index contributed by atoms with van der Waals surface area (Å²) in [6, 6.07) is 5.85. The smallest absolute Gasteiger partial charge is 0.194 e. The Morgan fingerprint density at radius 3 is 2.20 bits per heavy atom. The Labute approximate surface area is 122 Å². The monoisotopic (exact) mass is 318 g/mol. The lowest BCUT2D eigenvalue weighted by molar-refractivity contribution is 0.0992. The molecule has 0 aromatic heterocycles. The van der Waals surface area contributed by atoms with E-state index in [9.17, 15) is 18.0 Å². The van der Waals surface area contributed by atoms with E-state index in [1.807, 2.05) is 0 Å². The molecule has 0 spiro atoms. The van der Waals surface area contributed by atoms with Gasteiger partial charge in [-0.25, -0.2) is 13.2 Å². The van der Waals surface area contributed by atoms with Crippen molar-refractivity contribution in [2.24, 2.45) is 0 Å². The van der Waals surface area contributed by atoms with Crippen LogP contribution in [0.2, 0.25) is 10.0 Å². The molecule has 104 valence electrons. The highest BCUT2D eigenvalue weighted by Gasteiger charge is 2.16. The molecule has 0 atom stereocenters. The fraction of sp³-hybridized carbons (Fsp3) is 0.0714. The van der Waals surface area contributed by atoms with Gasteiger partial charge in [-0.1, -0.05) is 23.2 Å². The molecule has 20 heavy (non-hydrogen) atoms. The summed E-state index contributed by atoms with van der Waals surface area (Å²) >= 11 is 11.7. The Balaban J connectivity index is 2.31. The standard InChI is InChI=1S/C14H7Cl2F3O/c15-9-1-2-10(16)7(3-9)6-13(20)8-4-11(17)14(19)12(18)5-8/h1-5H,6H2. The van der Waals surface area contributed by atoms with Gasteiger partial charge in [0.1, 0.15) is 0 Å². The maximum absolute atomic E-state index is 13.1. The van der Waals surface area contributed by atoms with Crippen molar-refractivity contribution in [3.8, 4) is 0 Å². The summed E-state index contributed by atoms with van der Waals surface area (Å²) < 4.78 is 39.0. The summed E-state index contributed by atoms with van der Waals surface area (Å²) in [5, 5.41) is 0.694. The molecule has 0 saturated heterocycles. The van der Waals surface area contributed by atoms with Crippen LogP contribution in [0.5, 0.6) is 0 Å². The average Bonchev–Trinajstić information content (AvgIpc) is 2.39. The minimum Gasteiger partial charge on any atom is -0.294 e. The third-order valence-corrected chi connectivity index (χ3v) is 3.27. The molecular formula is C14H7Cl2F3O. The summed E-state index contributed by atoms with van der Waals surface area (Å²) in [4.78, 5) is 11.9. The molecule has 0 N–H and O–H groups in total. The topological polar surface area (TPSA) is 17.1 Å². The molecule has 0 aliphatic carbocycles. The maximum atomic E-state index is 13.1. The molecule has 0 aliphatic heterocycles. The minimum atomic E-state index is -1.61. The highest BCUT2D eigenvalue weighted by Crippen LogP contribution is 2.23. The zero-order valence-electron chi connectivity index (χ0n) is 9.89. The van der Waals surface area contributed by atoms with Crippen LogP contribution in [-0.2, 0) is 6.42 Å². The lowest BCUT2D eigenvalue weighted by Crippen LogP contribution is -2.06. The second kappa shape index (κ2) is 5.85. The van der Waals surface area contributed by atoms with Crippen LogP contribution in [0.4, 0.5) is 13.2 Å². The van der Waals surface area contributed by atoms with Crippen LogP contribution in [0.1, 0.15) is 15.9 Å². The van der Waals surface area contributed by atoms with E-state index in [0.29, 0.717) is 27.7 Å². The SMILES string of the molecule is O=C(Cc1cc(Cl)ccc1Cl)c1cc(F)c(F)c(F)c1. The highest BCUT2D eigenvalue weighted by atomic mass is 35.5. The molecule has 0 amide bonds. The number of carbonyl (C=O) groups is 1. The first kappa shape index (κ1) is 14.9. The Morgan fingerprint density at radius 2 is 1.60 bits per heavy atom. The lowest BCUT2D eigenvalue weighted by Gasteiger charge is -2.05. The molecule has 0 radical (unpaired) electrons. The predicted octanol–water partition coefficient (Wildman–Crippen LogP) is 4.84. The Bertz CT molecular complexity index is 663. The third kappa shape index (κ3) is 3.14. The molecule has 0 fully saturated rings. The molecule has 2 aromatic rings. The highest BCUT2D eigenvalue weighted by molar-refractivity contribution is 6.33. The van der Waals surface area contributed by atoms with E-state index in [0.717, 1.165) is 0 Å². The Hall–Kier alpha value is -1.52. The second-order valence-corrected chi connectivity index (χ2v) is 4.93. The van der Waals surface area contributed by atoms with Gasteiger partial charge < -0.3 is 0 Å². The van der Waals surface area contributed by atoms with Crippen LogP contribution in [0.3, 0.4) is 0 Å². The molecule has 2 rings (SSSR count). The zero-order valence-corrected chi connectivity index (χ0v) is 11.4. The van der Waals surface area contributed by atoms with Gasteiger partial charge in [0.15, 0.2) is 23.2 Å². The van der Waals surface area contributed by atoms with E-state index < -0.39 is 23.2 Å². The van der Waals surface area contributed by atoms with Crippen molar-refractivity contribution in [3.05, 3.63) is 69.0 Å². The number of ketones is 1. The largest absolute Gasteiger partial charge is 0.294 e. The summed E-state index contributed by atoms with van der Waals surface area (Å²) in [7, 11) is 0. The van der Waals surface area contributed by atoms with E-state index >= 15 is 0 Å². The van der Waals surface area contributed by atoms with Crippen LogP contribution < -0.4 is 0 Å². The molecule has 0 saturated carbocycles. The van der Waals surface area contributed by atoms with Crippen molar-refractivity contribution < 1.29 is 18.0 Å². The van der Waals surface area contributed by atoms with Crippen molar-refractivity contribution in [1.29, 1.82) is 0 Å². The normalized spacial score (nSPS) is 10.7. The summed E-state index contributed by atoms with van der Waals surface area (Å²) in [5.41, 5.74) is 0.159. The fourth-order valence-electron chi connectivity index (χ4n) is 1.67. The molecule has 2 aromatic carbocycles. The van der Waals surface area contributed by atoms with Gasteiger partial charge in [-0.3, -0.25) is 4.79 Å². The molecular weight excluding hydrogens is 312 g/mol. The van der Waals surface area contributed by atoms with E-state index in [4.69, 9.17) is 23.2 Å². The molecule has 0 aliphatic rings. The van der Waals surface area contributed by atoms with Crippen molar-refractivity contribution in [2.45, 2.75) is 6.42 Å². The Kier molecular flexibility index (Phi) is 4.35. The van der Waals surface area contributed by atoms with Crippen molar-refractivity contribution in [3.63, 3.8) is 0 Å². The third-order valence-electron chi connectivity index (χ3n) is 2.66. The van der Waals surface area contributed by atoms with Crippen molar-refractivity contribution in [1.82, 2.24) is 0 Å². The summed E-state index contributed by atoms with van der Waals surface area (Å²) in [6.45, 7) is 0. The fourth-order valence-corrected chi connectivity index (χ4v) is 2.05. The lowest BCUT2D eigenvalue weighted by atomic mass is 10.0. The first-order valence-electron chi connectivity index (χ1n) is 5.50. The van der Waals surface area contributed by atoms with Gasteiger partial charge in [0.05, 0.1) is 0 Å². The first-order valence-corrected chi connectivity index (χ1v) is 6.25. The zero-order chi connectivity index (χ0) is 14.9. The number of rotatable bonds is 3. The van der Waals surface area contributed by atoms with Crippen LogP contribution >= 0.6 is 23.2 Å². The van der Waals surface area contributed by atoms with Gasteiger partial charge in [0, 0.05) is 22.0 Å². The average molecular weight is 319 g/mol. The first-order chi connectivity index (χ1) is 9.38. The molecule has 0 unspecified atom stereocenters. The van der Waals surface area contributed by atoms with Gasteiger partial charge >= 0.3 is 0 Å². The van der Waals surface area contributed by atoms with Gasteiger partial charge in [0.25, 0.3) is 0 Å². The molecule has 1 nitrogen and oxygen atoms in total. The van der Waals surface area contributed by atoms with Crippen LogP contribution in [-0.4, -0.2) is 5.78 Å². The predicted molar refractivity (Wildman–Crippen MR) is 70.8 cm³/mol. The van der Waals surface area contributed by atoms with Crippen molar-refractivity contribution >= 4 is 29.0 Å². The van der Waals surface area contributed by atoms with E-state index in [2.05, 4.69) is 0 Å². The van der Waals surface area contributed by atoms with Crippen LogP contribution in [0, 0.1) is 17.5 Å². The number of hydrogen-bond acceptors (Lipinski definition) is 1. The van der Waals surface area contributed by atoms with Crippen molar-refractivity contribution in [2.75, 3.05) is 0 Å². The van der Waals surface area contributed by atoms with Gasteiger partial charge in [-0.2, -0.15) is 0 Å². The van der Waals surface area contributed by atoms with E-state index in [1.165, 1.54) is 12.1 Å². The molecule has 6 heteroatoms. The van der Waals surface area contributed by atoms with Gasteiger partial charge in [-0.15, -0.1) is 0 Å². The van der Waals surface area contributed by atoms with Crippen LogP contribution in [0.15, 0.2) is 30.3 Å². The van der Waals surface area contributed by atoms with E-state index in [1.54, 1.807) is 6.07 Å². The number of Topliss-reactive ketones (excluding diaryl/α,β-unsaturated/α-hetero) is 1. The quantitative estimate of drug-likeness (QED) is 0.585. The van der Waals surface area contributed by atoms with Gasteiger partial charge in [-0.05, 0) is 35.9 Å². The molecule has 0 bridgehead atoms. The van der Waals surface area contributed by atoms with E-state index in [-0.39, 0.29) is 12.0 Å². The Morgan fingerprint density at radius 1 is 1.00 bits per heavy atom. The summed E-state index contributed by atoms with van der Waals surface area (Å²) in [5.74, 6) is -5.02. The number of hydrogen-bond donors (Lipinski definition) is 0. The summed E-state index contributed by atoms with van der Waals surface area (Å²) in [6.07, 6.45) is -0.191. The second-order valence-electron chi connectivity index (χ2n) is 4.09. The number of carbonyl (C=O) groups excluding carboxylic acids is 1. The maximum Gasteiger partial charge on any atom is 0.194 e. The number of benzene rings is 2. The number of halogens is 5. The minimum absolute atomic E-state index is 0.191.